The Morgan fingerprint density at radius 2 is 1.72 bits per heavy atom. The molecule has 1 N–H and O–H groups in total. The van der Waals surface area contributed by atoms with Crippen LogP contribution < -0.4 is 9.64 Å². The van der Waals surface area contributed by atoms with Crippen molar-refractivity contribution in [2.45, 2.75) is 18.9 Å². The molecular weight excluding hydrogens is 461 g/mol. The topological polar surface area (TPSA) is 82.7 Å². The van der Waals surface area contributed by atoms with E-state index in [9.17, 15) is 18.8 Å². The zero-order valence-electron chi connectivity index (χ0n) is 19.4. The van der Waals surface area contributed by atoms with Gasteiger partial charge in [-0.05, 0) is 54.4 Å². The van der Waals surface area contributed by atoms with Crippen LogP contribution in [0.5, 0.6) is 5.75 Å². The molecule has 36 heavy (non-hydrogen) atoms. The first kappa shape index (κ1) is 23.3. The average molecular weight is 486 g/mol. The van der Waals surface area contributed by atoms with Gasteiger partial charge in [-0.1, -0.05) is 36.4 Å². The van der Waals surface area contributed by atoms with Crippen LogP contribution in [0.25, 0.3) is 10.9 Å². The maximum atomic E-state index is 13.4. The minimum Gasteiger partial charge on any atom is -0.484 e. The Labute approximate surface area is 207 Å². The zero-order chi connectivity index (χ0) is 25.1. The normalized spacial score (nSPS) is 15.5. The number of nitrogens with zero attached hydrogens (tertiary/aromatic N) is 2. The number of hydrogen-bond acceptors (Lipinski definition) is 4. The Balaban J connectivity index is 1.38. The molecule has 0 spiro atoms. The number of ether oxygens (including phenoxy) is 1. The summed E-state index contributed by atoms with van der Waals surface area (Å²) in [6, 6.07) is 20.9. The van der Waals surface area contributed by atoms with Gasteiger partial charge >= 0.3 is 0 Å². The first-order chi connectivity index (χ1) is 17.5. The molecule has 1 unspecified atom stereocenters. The molecule has 5 rings (SSSR count). The fourth-order valence-corrected chi connectivity index (χ4v) is 4.50. The van der Waals surface area contributed by atoms with E-state index >= 15 is 0 Å². The van der Waals surface area contributed by atoms with Crippen LogP contribution in [0.2, 0.25) is 0 Å². The van der Waals surface area contributed by atoms with Gasteiger partial charge in [-0.25, -0.2) is 9.29 Å². The molecule has 1 atom stereocenters. The van der Waals surface area contributed by atoms with Gasteiger partial charge in [0.05, 0.1) is 12.1 Å². The van der Waals surface area contributed by atoms with Gasteiger partial charge in [-0.3, -0.25) is 14.4 Å². The molecule has 8 heteroatoms. The fraction of sp³-hybridized carbons (Fsp3) is 0.179. The molecule has 182 valence electrons. The number of benzene rings is 3. The SMILES string of the molecule is O=C1CC(N(CCc2c[nH]c3ccccc23)C(=O)COc2ccccc2)C(=O)N1c1ccc(F)cc1. The highest BCUT2D eigenvalue weighted by Crippen LogP contribution is 2.27. The molecule has 1 saturated heterocycles. The van der Waals surface area contributed by atoms with Gasteiger partial charge in [0.2, 0.25) is 5.91 Å². The lowest BCUT2D eigenvalue weighted by Gasteiger charge is -2.27. The highest BCUT2D eigenvalue weighted by Gasteiger charge is 2.44. The van der Waals surface area contributed by atoms with Gasteiger partial charge in [0.25, 0.3) is 11.8 Å². The van der Waals surface area contributed by atoms with Gasteiger partial charge in [0, 0.05) is 23.6 Å². The van der Waals surface area contributed by atoms with E-state index in [2.05, 4.69) is 4.98 Å². The predicted molar refractivity (Wildman–Crippen MR) is 133 cm³/mol. The van der Waals surface area contributed by atoms with E-state index < -0.39 is 29.6 Å². The Morgan fingerprint density at radius 3 is 2.50 bits per heavy atom. The van der Waals surface area contributed by atoms with E-state index in [1.54, 1.807) is 24.3 Å². The smallest absolute Gasteiger partial charge is 0.261 e. The third-order valence-corrected chi connectivity index (χ3v) is 6.31. The van der Waals surface area contributed by atoms with Crippen molar-refractivity contribution in [3.8, 4) is 5.75 Å². The Morgan fingerprint density at radius 1 is 1.00 bits per heavy atom. The van der Waals surface area contributed by atoms with E-state index in [4.69, 9.17) is 4.74 Å². The lowest BCUT2D eigenvalue weighted by Crippen LogP contribution is -2.48. The molecule has 3 aromatic carbocycles. The van der Waals surface area contributed by atoms with Crippen molar-refractivity contribution in [3.63, 3.8) is 0 Å². The van der Waals surface area contributed by atoms with Gasteiger partial charge < -0.3 is 14.6 Å². The molecule has 1 aromatic heterocycles. The van der Waals surface area contributed by atoms with E-state index in [0.29, 0.717) is 12.2 Å². The number of carbonyl (C=O) groups excluding carboxylic acids is 3. The maximum absolute atomic E-state index is 13.4. The van der Waals surface area contributed by atoms with Crippen molar-refractivity contribution in [2.24, 2.45) is 0 Å². The van der Waals surface area contributed by atoms with Crippen molar-refractivity contribution >= 4 is 34.3 Å². The molecule has 2 heterocycles. The van der Waals surface area contributed by atoms with Crippen LogP contribution in [0.4, 0.5) is 10.1 Å². The van der Waals surface area contributed by atoms with Crippen LogP contribution in [0, 0.1) is 5.82 Å². The van der Waals surface area contributed by atoms with E-state index in [1.807, 2.05) is 36.5 Å². The largest absolute Gasteiger partial charge is 0.484 e. The van der Waals surface area contributed by atoms with E-state index in [-0.39, 0.29) is 25.3 Å². The van der Waals surface area contributed by atoms with Crippen molar-refractivity contribution in [1.82, 2.24) is 9.88 Å². The number of imide groups is 1. The highest BCUT2D eigenvalue weighted by atomic mass is 19.1. The second kappa shape index (κ2) is 10.0. The standard InChI is InChI=1S/C28H24FN3O4/c29-20-10-12-21(13-11-20)32-26(33)16-25(28(32)35)31(27(34)18-36-22-6-2-1-3-7-22)15-14-19-17-30-24-9-5-4-8-23(19)24/h1-13,17,25,30H,14-16,18H2. The number of fused-ring (bicyclic) bond motifs is 1. The first-order valence-electron chi connectivity index (χ1n) is 11.7. The number of halogens is 1. The Hall–Kier alpha value is -4.46. The van der Waals surface area contributed by atoms with Crippen LogP contribution in [-0.2, 0) is 20.8 Å². The molecule has 0 radical (unpaired) electrons. The summed E-state index contributed by atoms with van der Waals surface area (Å²) in [6.07, 6.45) is 2.22. The average Bonchev–Trinajstić information content (AvgIpc) is 3.44. The summed E-state index contributed by atoms with van der Waals surface area (Å²) in [7, 11) is 0. The first-order valence-corrected chi connectivity index (χ1v) is 11.7. The molecule has 3 amide bonds. The number of nitrogens with one attached hydrogen (secondary N) is 1. The molecule has 4 aromatic rings. The molecule has 1 aliphatic heterocycles. The molecular formula is C28H24FN3O4. The number of amides is 3. The number of H-pyrrole nitrogens is 1. The summed E-state index contributed by atoms with van der Waals surface area (Å²) in [5.74, 6) is -1.29. The van der Waals surface area contributed by atoms with E-state index in [1.165, 1.54) is 29.2 Å². The second-order valence-electron chi connectivity index (χ2n) is 8.56. The number of hydrogen-bond donors (Lipinski definition) is 1. The number of aromatic amines is 1. The third kappa shape index (κ3) is 4.70. The monoisotopic (exact) mass is 485 g/mol. The number of para-hydroxylation sites is 2. The van der Waals surface area contributed by atoms with Gasteiger partial charge in [-0.15, -0.1) is 0 Å². The number of anilines is 1. The summed E-state index contributed by atoms with van der Waals surface area (Å²) in [6.45, 7) is -0.0494. The maximum Gasteiger partial charge on any atom is 0.261 e. The van der Waals surface area contributed by atoms with Crippen LogP contribution in [0.3, 0.4) is 0 Å². The summed E-state index contributed by atoms with van der Waals surface area (Å²) >= 11 is 0. The number of carbonyl (C=O) groups is 3. The van der Waals surface area contributed by atoms with E-state index in [0.717, 1.165) is 21.4 Å². The lowest BCUT2D eigenvalue weighted by molar-refractivity contribution is -0.140. The van der Waals surface area contributed by atoms with Crippen LogP contribution in [-0.4, -0.2) is 46.8 Å². The molecule has 0 bridgehead atoms. The predicted octanol–water partition coefficient (Wildman–Crippen LogP) is 4.09. The Kier molecular flexibility index (Phi) is 6.49. The van der Waals surface area contributed by atoms with Gasteiger partial charge in [0.1, 0.15) is 17.6 Å². The highest BCUT2D eigenvalue weighted by molar-refractivity contribution is 6.23. The van der Waals surface area contributed by atoms with Crippen molar-refractivity contribution in [2.75, 3.05) is 18.1 Å². The summed E-state index contributed by atoms with van der Waals surface area (Å²) in [4.78, 5) is 45.2. The van der Waals surface area contributed by atoms with Crippen molar-refractivity contribution in [3.05, 3.63) is 96.4 Å². The van der Waals surface area contributed by atoms with Gasteiger partial charge in [-0.2, -0.15) is 0 Å². The minimum atomic E-state index is -0.973. The summed E-state index contributed by atoms with van der Waals surface area (Å²) in [5.41, 5.74) is 2.25. The molecule has 0 saturated carbocycles. The summed E-state index contributed by atoms with van der Waals surface area (Å²) < 4.78 is 19.0. The number of rotatable bonds is 8. The lowest BCUT2D eigenvalue weighted by atomic mass is 10.1. The third-order valence-electron chi connectivity index (χ3n) is 6.31. The zero-order valence-corrected chi connectivity index (χ0v) is 19.4. The Bertz CT molecular complexity index is 1400. The summed E-state index contributed by atoms with van der Waals surface area (Å²) in [5, 5.41) is 1.03. The van der Waals surface area contributed by atoms with Crippen LogP contribution >= 0.6 is 0 Å². The number of aromatic nitrogens is 1. The van der Waals surface area contributed by atoms with Crippen molar-refractivity contribution < 1.29 is 23.5 Å². The van der Waals surface area contributed by atoms with Crippen LogP contribution in [0.1, 0.15) is 12.0 Å². The van der Waals surface area contributed by atoms with Crippen LogP contribution in [0.15, 0.2) is 85.1 Å². The van der Waals surface area contributed by atoms with Gasteiger partial charge in [0.15, 0.2) is 6.61 Å². The second-order valence-corrected chi connectivity index (χ2v) is 8.56. The molecule has 1 aliphatic rings. The molecule has 1 fully saturated rings. The fourth-order valence-electron chi connectivity index (χ4n) is 4.50. The quantitative estimate of drug-likeness (QED) is 0.381. The minimum absolute atomic E-state index is 0.152. The molecule has 7 nitrogen and oxygen atoms in total. The van der Waals surface area contributed by atoms with Crippen molar-refractivity contribution in [1.29, 1.82) is 0 Å². The molecule has 0 aliphatic carbocycles.